The summed E-state index contributed by atoms with van der Waals surface area (Å²) >= 11 is 5.98. The molecule has 1 N–H and O–H groups in total. The van der Waals surface area contributed by atoms with Crippen molar-refractivity contribution in [2.75, 3.05) is 6.54 Å². The van der Waals surface area contributed by atoms with Gasteiger partial charge in [0.2, 0.25) is 0 Å². The van der Waals surface area contributed by atoms with E-state index in [9.17, 15) is 0 Å². The maximum absolute atomic E-state index is 5.98. The summed E-state index contributed by atoms with van der Waals surface area (Å²) in [4.78, 5) is 4.02. The third-order valence-corrected chi connectivity index (χ3v) is 3.19. The maximum Gasteiger partial charge on any atom is 0.0945 e. The molecule has 4 heteroatoms. The third kappa shape index (κ3) is 3.86. The molecule has 0 saturated carbocycles. The van der Waals surface area contributed by atoms with Crippen LogP contribution in [0, 0.1) is 0 Å². The lowest BCUT2D eigenvalue weighted by molar-refractivity contribution is 0.526. The van der Waals surface area contributed by atoms with Crippen LogP contribution in [0.5, 0.6) is 0 Å². The van der Waals surface area contributed by atoms with Crippen molar-refractivity contribution in [2.24, 2.45) is 0 Å². The van der Waals surface area contributed by atoms with Crippen LogP contribution in [0.2, 0.25) is 5.02 Å². The fraction of sp³-hybridized carbons (Fsp3) is 0.357. The van der Waals surface area contributed by atoms with Crippen LogP contribution >= 0.6 is 11.6 Å². The fourth-order valence-corrected chi connectivity index (χ4v) is 2.09. The van der Waals surface area contributed by atoms with Gasteiger partial charge in [-0.1, -0.05) is 23.7 Å². The number of nitrogens with one attached hydrogen (secondary N) is 1. The second-order valence-corrected chi connectivity index (χ2v) is 4.82. The largest absolute Gasteiger partial charge is 0.337 e. The van der Waals surface area contributed by atoms with Crippen molar-refractivity contribution in [1.82, 2.24) is 14.9 Å². The number of imidazole rings is 1. The van der Waals surface area contributed by atoms with Gasteiger partial charge in [-0.15, -0.1) is 0 Å². The number of halogens is 1. The molecule has 0 spiro atoms. The highest BCUT2D eigenvalue weighted by Crippen LogP contribution is 2.17. The zero-order chi connectivity index (χ0) is 12.8. The Morgan fingerprint density at radius 3 is 3.06 bits per heavy atom. The van der Waals surface area contributed by atoms with Gasteiger partial charge in [0.05, 0.1) is 6.33 Å². The summed E-state index contributed by atoms with van der Waals surface area (Å²) in [6, 6.07) is 8.32. The van der Waals surface area contributed by atoms with E-state index >= 15 is 0 Å². The van der Waals surface area contributed by atoms with Gasteiger partial charge in [-0.25, -0.2) is 4.98 Å². The van der Waals surface area contributed by atoms with E-state index in [0.717, 1.165) is 24.5 Å². The zero-order valence-corrected chi connectivity index (χ0v) is 11.3. The molecule has 2 aromatic rings. The highest BCUT2D eigenvalue weighted by atomic mass is 35.5. The second kappa shape index (κ2) is 6.57. The minimum atomic E-state index is 0.325. The highest BCUT2D eigenvalue weighted by molar-refractivity contribution is 6.30. The highest BCUT2D eigenvalue weighted by Gasteiger charge is 2.04. The van der Waals surface area contributed by atoms with Crippen molar-refractivity contribution in [2.45, 2.75) is 25.9 Å². The molecule has 0 amide bonds. The Labute approximate surface area is 113 Å². The molecule has 0 bridgehead atoms. The summed E-state index contributed by atoms with van der Waals surface area (Å²) in [6.45, 7) is 4.13. The van der Waals surface area contributed by atoms with Crippen molar-refractivity contribution >= 4 is 11.6 Å². The van der Waals surface area contributed by atoms with Gasteiger partial charge in [-0.05, 0) is 37.6 Å². The molecule has 0 fully saturated rings. The van der Waals surface area contributed by atoms with Gasteiger partial charge in [-0.3, -0.25) is 0 Å². The maximum atomic E-state index is 5.98. The van der Waals surface area contributed by atoms with Crippen LogP contribution in [0.1, 0.15) is 24.9 Å². The predicted octanol–water partition coefficient (Wildman–Crippen LogP) is 3.28. The molecule has 18 heavy (non-hydrogen) atoms. The van der Waals surface area contributed by atoms with Crippen molar-refractivity contribution in [3.8, 4) is 0 Å². The van der Waals surface area contributed by atoms with Gasteiger partial charge in [0.15, 0.2) is 0 Å². The lowest BCUT2D eigenvalue weighted by Crippen LogP contribution is -2.20. The SMILES string of the molecule is CC(NCCCn1ccnc1)c1cccc(Cl)c1. The normalized spacial score (nSPS) is 12.6. The van der Waals surface area contributed by atoms with E-state index < -0.39 is 0 Å². The van der Waals surface area contributed by atoms with Crippen molar-refractivity contribution in [3.63, 3.8) is 0 Å². The number of benzene rings is 1. The molecule has 2 rings (SSSR count). The quantitative estimate of drug-likeness (QED) is 0.811. The number of hydrogen-bond donors (Lipinski definition) is 1. The van der Waals surface area contributed by atoms with E-state index in [1.807, 2.05) is 36.9 Å². The van der Waals surface area contributed by atoms with Crippen LogP contribution in [0.25, 0.3) is 0 Å². The molecule has 0 saturated heterocycles. The standard InChI is InChI=1S/C14H18ClN3/c1-12(13-4-2-5-14(15)10-13)17-6-3-8-18-9-7-16-11-18/h2,4-5,7,9-12,17H,3,6,8H2,1H3. The van der Waals surface area contributed by atoms with E-state index in [1.165, 1.54) is 5.56 Å². The summed E-state index contributed by atoms with van der Waals surface area (Å²) in [5.41, 5.74) is 1.23. The fourth-order valence-electron chi connectivity index (χ4n) is 1.89. The van der Waals surface area contributed by atoms with Gasteiger partial charge in [0.1, 0.15) is 0 Å². The first-order valence-electron chi connectivity index (χ1n) is 6.20. The second-order valence-electron chi connectivity index (χ2n) is 4.38. The molecule has 0 aliphatic carbocycles. The van der Waals surface area contributed by atoms with Gasteiger partial charge in [0.25, 0.3) is 0 Å². The Hall–Kier alpha value is -1.32. The molecule has 0 aliphatic rings. The van der Waals surface area contributed by atoms with Crippen molar-refractivity contribution in [1.29, 1.82) is 0 Å². The Kier molecular flexibility index (Phi) is 4.79. The van der Waals surface area contributed by atoms with E-state index in [4.69, 9.17) is 11.6 Å². The molecule has 1 aromatic carbocycles. The van der Waals surface area contributed by atoms with E-state index in [-0.39, 0.29) is 0 Å². The summed E-state index contributed by atoms with van der Waals surface area (Å²) < 4.78 is 2.09. The third-order valence-electron chi connectivity index (χ3n) is 2.95. The summed E-state index contributed by atoms with van der Waals surface area (Å²) in [5, 5.41) is 4.29. The van der Waals surface area contributed by atoms with Gasteiger partial charge in [0, 0.05) is 30.0 Å². The Balaban J connectivity index is 1.73. The lowest BCUT2D eigenvalue weighted by Gasteiger charge is -2.14. The van der Waals surface area contributed by atoms with Crippen LogP contribution in [0.4, 0.5) is 0 Å². The van der Waals surface area contributed by atoms with Crippen molar-refractivity contribution in [3.05, 3.63) is 53.6 Å². The lowest BCUT2D eigenvalue weighted by atomic mass is 10.1. The van der Waals surface area contributed by atoms with E-state index in [0.29, 0.717) is 6.04 Å². The molecular weight excluding hydrogens is 246 g/mol. The Bertz CT molecular complexity index is 468. The molecule has 1 aromatic heterocycles. The van der Waals surface area contributed by atoms with Crippen LogP contribution in [-0.4, -0.2) is 16.1 Å². The predicted molar refractivity (Wildman–Crippen MR) is 74.7 cm³/mol. The molecule has 0 radical (unpaired) electrons. The molecule has 1 heterocycles. The topological polar surface area (TPSA) is 29.9 Å². The minimum absolute atomic E-state index is 0.325. The van der Waals surface area contributed by atoms with Crippen LogP contribution in [-0.2, 0) is 6.54 Å². The monoisotopic (exact) mass is 263 g/mol. The van der Waals surface area contributed by atoms with Crippen molar-refractivity contribution < 1.29 is 0 Å². The van der Waals surface area contributed by atoms with E-state index in [2.05, 4.69) is 27.9 Å². The average Bonchev–Trinajstić information content (AvgIpc) is 2.87. The molecular formula is C14H18ClN3. The van der Waals surface area contributed by atoms with Gasteiger partial charge < -0.3 is 9.88 Å². The van der Waals surface area contributed by atoms with Crippen LogP contribution in [0.3, 0.4) is 0 Å². The first-order chi connectivity index (χ1) is 8.75. The smallest absolute Gasteiger partial charge is 0.0945 e. The summed E-state index contributed by atoms with van der Waals surface area (Å²) in [7, 11) is 0. The number of aromatic nitrogens is 2. The number of nitrogens with zero attached hydrogens (tertiary/aromatic N) is 2. The molecule has 96 valence electrons. The number of rotatable bonds is 6. The summed E-state index contributed by atoms with van der Waals surface area (Å²) in [6.07, 6.45) is 6.73. The number of aryl methyl sites for hydroxylation is 1. The Morgan fingerprint density at radius 1 is 1.44 bits per heavy atom. The Morgan fingerprint density at radius 2 is 2.33 bits per heavy atom. The van der Waals surface area contributed by atoms with E-state index in [1.54, 1.807) is 0 Å². The first kappa shape index (κ1) is 13.1. The number of hydrogen-bond acceptors (Lipinski definition) is 2. The molecule has 0 aliphatic heterocycles. The molecule has 1 atom stereocenters. The van der Waals surface area contributed by atoms with Crippen LogP contribution < -0.4 is 5.32 Å². The van der Waals surface area contributed by atoms with Gasteiger partial charge in [-0.2, -0.15) is 0 Å². The average molecular weight is 264 g/mol. The molecule has 3 nitrogen and oxygen atoms in total. The van der Waals surface area contributed by atoms with Gasteiger partial charge >= 0.3 is 0 Å². The first-order valence-corrected chi connectivity index (χ1v) is 6.58. The summed E-state index contributed by atoms with van der Waals surface area (Å²) in [5.74, 6) is 0. The zero-order valence-electron chi connectivity index (χ0n) is 10.5. The molecule has 1 unspecified atom stereocenters. The minimum Gasteiger partial charge on any atom is -0.337 e. The van der Waals surface area contributed by atoms with Crippen LogP contribution in [0.15, 0.2) is 43.0 Å².